The summed E-state index contributed by atoms with van der Waals surface area (Å²) >= 11 is 2.18. The monoisotopic (exact) mass is 363 g/mol. The second kappa shape index (κ2) is 4.70. The standard InChI is InChI=1S/C15H10INO2/c16-10-3-6-13-12(8-10)15(18)14(19-13)7-9-1-4-11(17)5-2-9/h1-8H,17H2/b14-7-. The van der Waals surface area contributed by atoms with Crippen LogP contribution in [0.5, 0.6) is 5.75 Å². The largest absolute Gasteiger partial charge is 0.452 e. The summed E-state index contributed by atoms with van der Waals surface area (Å²) in [5.74, 6) is 0.888. The summed E-state index contributed by atoms with van der Waals surface area (Å²) in [4.78, 5) is 12.2. The summed E-state index contributed by atoms with van der Waals surface area (Å²) in [6, 6.07) is 12.9. The molecule has 0 bridgehead atoms. The molecule has 2 aromatic carbocycles. The number of halogens is 1. The van der Waals surface area contributed by atoms with Gasteiger partial charge in [-0.25, -0.2) is 0 Å². The Morgan fingerprint density at radius 2 is 1.84 bits per heavy atom. The molecule has 1 heterocycles. The van der Waals surface area contributed by atoms with E-state index in [1.54, 1.807) is 18.2 Å². The minimum atomic E-state index is -0.0784. The Hall–Kier alpha value is -1.82. The van der Waals surface area contributed by atoms with Crippen molar-refractivity contribution in [3.05, 3.63) is 62.9 Å². The molecule has 0 amide bonds. The predicted molar refractivity (Wildman–Crippen MR) is 82.9 cm³/mol. The maximum Gasteiger partial charge on any atom is 0.232 e. The van der Waals surface area contributed by atoms with Gasteiger partial charge < -0.3 is 10.5 Å². The zero-order valence-electron chi connectivity index (χ0n) is 9.89. The molecule has 0 aromatic heterocycles. The van der Waals surface area contributed by atoms with E-state index in [-0.39, 0.29) is 5.78 Å². The minimum absolute atomic E-state index is 0.0784. The average molecular weight is 363 g/mol. The summed E-state index contributed by atoms with van der Waals surface area (Å²) in [5, 5.41) is 0. The van der Waals surface area contributed by atoms with Crippen LogP contribution >= 0.6 is 22.6 Å². The fourth-order valence-corrected chi connectivity index (χ4v) is 2.40. The van der Waals surface area contributed by atoms with E-state index in [0.717, 1.165) is 9.13 Å². The van der Waals surface area contributed by atoms with Crippen molar-refractivity contribution < 1.29 is 9.53 Å². The third kappa shape index (κ3) is 2.35. The van der Waals surface area contributed by atoms with Crippen LogP contribution in [0, 0.1) is 3.57 Å². The summed E-state index contributed by atoms with van der Waals surface area (Å²) in [6.07, 6.45) is 1.73. The number of fused-ring (bicyclic) bond motifs is 1. The van der Waals surface area contributed by atoms with E-state index in [1.165, 1.54) is 0 Å². The Morgan fingerprint density at radius 1 is 1.11 bits per heavy atom. The van der Waals surface area contributed by atoms with Crippen LogP contribution in [-0.2, 0) is 0 Å². The normalized spacial score (nSPS) is 15.4. The SMILES string of the molecule is Nc1ccc(/C=C2\Oc3ccc(I)cc3C2=O)cc1. The van der Waals surface area contributed by atoms with E-state index in [2.05, 4.69) is 22.6 Å². The number of allylic oxidation sites excluding steroid dienone is 1. The summed E-state index contributed by atoms with van der Waals surface area (Å²) < 4.78 is 6.60. The van der Waals surface area contributed by atoms with Crippen LogP contribution in [0.1, 0.15) is 15.9 Å². The number of hydrogen-bond donors (Lipinski definition) is 1. The van der Waals surface area contributed by atoms with Crippen LogP contribution in [0.15, 0.2) is 48.2 Å². The molecule has 2 N–H and O–H groups in total. The number of ketones is 1. The van der Waals surface area contributed by atoms with Crippen LogP contribution in [0.3, 0.4) is 0 Å². The molecular weight excluding hydrogens is 353 g/mol. The maximum atomic E-state index is 12.2. The molecule has 3 rings (SSSR count). The Bertz CT molecular complexity index is 690. The number of rotatable bonds is 1. The molecule has 0 unspecified atom stereocenters. The number of hydrogen-bond acceptors (Lipinski definition) is 3. The highest BCUT2D eigenvalue weighted by Gasteiger charge is 2.27. The highest BCUT2D eigenvalue weighted by molar-refractivity contribution is 14.1. The molecule has 0 saturated heterocycles. The van der Waals surface area contributed by atoms with Gasteiger partial charge in [0.25, 0.3) is 0 Å². The molecule has 0 fully saturated rings. The van der Waals surface area contributed by atoms with Crippen molar-refractivity contribution in [3.63, 3.8) is 0 Å². The van der Waals surface area contributed by atoms with Crippen molar-refractivity contribution in [3.8, 4) is 5.75 Å². The lowest BCUT2D eigenvalue weighted by atomic mass is 10.1. The van der Waals surface area contributed by atoms with Crippen LogP contribution in [-0.4, -0.2) is 5.78 Å². The zero-order chi connectivity index (χ0) is 13.4. The van der Waals surface area contributed by atoms with Gasteiger partial charge in [0.15, 0.2) is 5.76 Å². The molecule has 0 saturated carbocycles. The van der Waals surface area contributed by atoms with Gasteiger partial charge in [0.1, 0.15) is 5.75 Å². The summed E-state index contributed by atoms with van der Waals surface area (Å²) in [7, 11) is 0. The van der Waals surface area contributed by atoms with Gasteiger partial charge in [-0.2, -0.15) is 0 Å². The molecule has 1 aliphatic heterocycles. The van der Waals surface area contributed by atoms with E-state index in [9.17, 15) is 4.79 Å². The van der Waals surface area contributed by atoms with Crippen molar-refractivity contribution >= 4 is 40.1 Å². The van der Waals surface area contributed by atoms with Gasteiger partial charge in [0, 0.05) is 9.26 Å². The van der Waals surface area contributed by atoms with E-state index in [0.29, 0.717) is 22.8 Å². The molecule has 0 aliphatic carbocycles. The lowest BCUT2D eigenvalue weighted by Gasteiger charge is -1.99. The number of carbonyl (C=O) groups is 1. The lowest BCUT2D eigenvalue weighted by Crippen LogP contribution is -1.98. The Labute approximate surface area is 124 Å². The van der Waals surface area contributed by atoms with Crippen LogP contribution in [0.25, 0.3) is 6.08 Å². The molecule has 1 aliphatic rings. The fourth-order valence-electron chi connectivity index (χ4n) is 1.90. The van der Waals surface area contributed by atoms with Crippen molar-refractivity contribution in [2.75, 3.05) is 5.73 Å². The topological polar surface area (TPSA) is 52.3 Å². The number of ether oxygens (including phenoxy) is 1. The van der Waals surface area contributed by atoms with E-state index < -0.39 is 0 Å². The molecule has 94 valence electrons. The third-order valence-electron chi connectivity index (χ3n) is 2.86. The highest BCUT2D eigenvalue weighted by Crippen LogP contribution is 2.32. The zero-order valence-corrected chi connectivity index (χ0v) is 12.0. The number of anilines is 1. The molecule has 19 heavy (non-hydrogen) atoms. The summed E-state index contributed by atoms with van der Waals surface area (Å²) in [6.45, 7) is 0. The van der Waals surface area contributed by atoms with E-state index in [1.807, 2.05) is 30.3 Å². The highest BCUT2D eigenvalue weighted by atomic mass is 127. The van der Waals surface area contributed by atoms with Gasteiger partial charge in [-0.3, -0.25) is 4.79 Å². The predicted octanol–water partition coefficient (Wildman–Crippen LogP) is 3.49. The maximum absolute atomic E-state index is 12.2. The van der Waals surface area contributed by atoms with Crippen LogP contribution in [0.4, 0.5) is 5.69 Å². The number of benzene rings is 2. The number of Topliss-reactive ketones (excluding diaryl/α,β-unsaturated/α-hetero) is 1. The van der Waals surface area contributed by atoms with Gasteiger partial charge in [0.05, 0.1) is 5.56 Å². The molecule has 2 aromatic rings. The van der Waals surface area contributed by atoms with Gasteiger partial charge in [-0.15, -0.1) is 0 Å². The number of nitrogen functional groups attached to an aromatic ring is 1. The Morgan fingerprint density at radius 3 is 2.58 bits per heavy atom. The van der Waals surface area contributed by atoms with E-state index in [4.69, 9.17) is 10.5 Å². The third-order valence-corrected chi connectivity index (χ3v) is 3.54. The van der Waals surface area contributed by atoms with Crippen molar-refractivity contribution in [2.45, 2.75) is 0 Å². The average Bonchev–Trinajstić information content (AvgIpc) is 2.70. The van der Waals surface area contributed by atoms with Gasteiger partial charge in [-0.1, -0.05) is 12.1 Å². The number of nitrogens with two attached hydrogens (primary N) is 1. The van der Waals surface area contributed by atoms with Crippen LogP contribution < -0.4 is 10.5 Å². The molecule has 0 atom stereocenters. The molecule has 4 heteroatoms. The molecule has 3 nitrogen and oxygen atoms in total. The first-order valence-corrected chi connectivity index (χ1v) is 6.81. The first kappa shape index (κ1) is 12.2. The smallest absolute Gasteiger partial charge is 0.232 e. The first-order chi connectivity index (χ1) is 9.13. The van der Waals surface area contributed by atoms with Crippen molar-refractivity contribution in [1.82, 2.24) is 0 Å². The Kier molecular flexibility index (Phi) is 3.02. The van der Waals surface area contributed by atoms with Crippen LogP contribution in [0.2, 0.25) is 0 Å². The second-order valence-corrected chi connectivity index (χ2v) is 5.49. The van der Waals surface area contributed by atoms with Crippen molar-refractivity contribution in [2.24, 2.45) is 0 Å². The molecule has 0 radical (unpaired) electrons. The van der Waals surface area contributed by atoms with Gasteiger partial charge >= 0.3 is 0 Å². The van der Waals surface area contributed by atoms with Gasteiger partial charge in [-0.05, 0) is 64.6 Å². The van der Waals surface area contributed by atoms with E-state index >= 15 is 0 Å². The van der Waals surface area contributed by atoms with Crippen molar-refractivity contribution in [1.29, 1.82) is 0 Å². The second-order valence-electron chi connectivity index (χ2n) is 4.25. The minimum Gasteiger partial charge on any atom is -0.452 e. The summed E-state index contributed by atoms with van der Waals surface area (Å²) in [5.41, 5.74) is 7.83. The molecular formula is C15H10INO2. The number of carbonyl (C=O) groups excluding carboxylic acids is 1. The van der Waals surface area contributed by atoms with Gasteiger partial charge in [0.2, 0.25) is 5.78 Å². The molecule has 0 spiro atoms. The lowest BCUT2D eigenvalue weighted by molar-refractivity contribution is 0.101. The first-order valence-electron chi connectivity index (χ1n) is 5.73. The quantitative estimate of drug-likeness (QED) is 0.480. The fraction of sp³-hybridized carbons (Fsp3) is 0. The Balaban J connectivity index is 1.97.